The predicted octanol–water partition coefficient (Wildman–Crippen LogP) is 3.91. The summed E-state index contributed by atoms with van der Waals surface area (Å²) in [7, 11) is 0. The third-order valence-electron chi connectivity index (χ3n) is 2.50. The van der Waals surface area contributed by atoms with Gasteiger partial charge in [0, 0.05) is 0 Å². The summed E-state index contributed by atoms with van der Waals surface area (Å²) in [6.45, 7) is 0. The molecule has 0 aromatic rings. The Morgan fingerprint density at radius 2 is 0.950 bits per heavy atom. The summed E-state index contributed by atoms with van der Waals surface area (Å²) in [6, 6.07) is -14.4. The van der Waals surface area contributed by atoms with Crippen molar-refractivity contribution in [1.82, 2.24) is 5.12 Å². The first-order valence-corrected chi connectivity index (χ1v) is 4.13. The largest absolute Gasteiger partial charge is 0.436 e. The topological polar surface area (TPSA) is 3.24 Å². The molecule has 0 aromatic heterocycles. The van der Waals surface area contributed by atoms with Crippen molar-refractivity contribution in [3.05, 3.63) is 0 Å². The highest BCUT2D eigenvalue weighted by atomic mass is 19.4. The lowest BCUT2D eigenvalue weighted by atomic mass is 9.84. The first-order valence-electron chi connectivity index (χ1n) is 4.13. The molecule has 20 heavy (non-hydrogen) atoms. The van der Waals surface area contributed by atoms with Gasteiger partial charge in [-0.15, -0.1) is 4.48 Å². The monoisotopic (exact) mass is 333 g/mol. The molecule has 0 N–H and O–H groups in total. The molecule has 1 saturated heterocycles. The van der Waals surface area contributed by atoms with E-state index in [4.69, 9.17) is 0 Å². The summed E-state index contributed by atoms with van der Waals surface area (Å²) >= 11 is 0. The molecule has 0 spiro atoms. The number of piperidine rings is 1. The van der Waals surface area contributed by atoms with Crippen LogP contribution < -0.4 is 0 Å². The van der Waals surface area contributed by atoms with Crippen LogP contribution in [0.15, 0.2) is 0 Å². The second kappa shape index (κ2) is 3.62. The van der Waals surface area contributed by atoms with Gasteiger partial charge in [-0.25, -0.2) is 4.39 Å². The van der Waals surface area contributed by atoms with Gasteiger partial charge in [-0.2, -0.15) is 48.3 Å². The van der Waals surface area contributed by atoms with Gasteiger partial charge in [0.2, 0.25) is 0 Å². The van der Waals surface area contributed by atoms with Crippen molar-refractivity contribution in [2.24, 2.45) is 0 Å². The van der Waals surface area contributed by atoms with Crippen molar-refractivity contribution in [2.75, 3.05) is 0 Å². The minimum absolute atomic E-state index is 3.86. The van der Waals surface area contributed by atoms with Crippen LogP contribution in [0.1, 0.15) is 0 Å². The van der Waals surface area contributed by atoms with Crippen LogP contribution in [0.5, 0.6) is 0 Å². The number of halogens is 13. The average Bonchev–Trinajstić information content (AvgIpc) is 2.22. The normalized spacial score (nSPS) is 35.9. The molecule has 1 heterocycles. The van der Waals surface area contributed by atoms with E-state index in [9.17, 15) is 57.2 Å². The maximum Gasteiger partial charge on any atom is 0.436 e. The highest BCUT2D eigenvalue weighted by molar-refractivity contribution is 5.20. The fourth-order valence-electron chi connectivity index (χ4n) is 1.38. The number of hydrogen-bond acceptors (Lipinski definition) is 1. The molecule has 0 aromatic carbocycles. The van der Waals surface area contributed by atoms with Gasteiger partial charge in [0.15, 0.2) is 0 Å². The molecule has 0 bridgehead atoms. The molecule has 120 valence electrons. The van der Waals surface area contributed by atoms with Crippen LogP contribution in [-0.4, -0.2) is 40.9 Å². The molecule has 1 aliphatic rings. The minimum Gasteiger partial charge on any atom is -0.218 e. The molecule has 0 aliphatic carbocycles. The highest BCUT2D eigenvalue weighted by Gasteiger charge is 3.00. The fourth-order valence-corrected chi connectivity index (χ4v) is 1.38. The van der Waals surface area contributed by atoms with Gasteiger partial charge in [-0.3, -0.25) is 0 Å². The van der Waals surface area contributed by atoms with Crippen LogP contribution in [0.2, 0.25) is 0 Å². The zero-order valence-electron chi connectivity index (χ0n) is 8.36. The van der Waals surface area contributed by atoms with Crippen LogP contribution in [0.3, 0.4) is 0 Å². The van der Waals surface area contributed by atoms with Gasteiger partial charge in [0.1, 0.15) is 0 Å². The van der Waals surface area contributed by atoms with Gasteiger partial charge in [-0.1, -0.05) is 0 Å². The molecule has 0 amide bonds. The molecule has 0 radical (unpaired) electrons. The Morgan fingerprint density at radius 3 is 1.25 bits per heavy atom. The maximum absolute atomic E-state index is 13.0. The van der Waals surface area contributed by atoms with E-state index in [1.54, 1.807) is 0 Å². The molecule has 1 nitrogen and oxygen atoms in total. The zero-order chi connectivity index (χ0) is 16.6. The quantitative estimate of drug-likeness (QED) is 0.369. The fraction of sp³-hybridized carbons (Fsp3) is 1.00. The number of nitrogens with zero attached hydrogens (tertiary/aromatic N) is 1. The summed E-state index contributed by atoms with van der Waals surface area (Å²) in [6.07, 6.45) is -7.48. The molecule has 1 unspecified atom stereocenters. The van der Waals surface area contributed by atoms with Crippen LogP contribution in [-0.2, 0) is 0 Å². The summed E-state index contributed by atoms with van der Waals surface area (Å²) in [5.41, 5.74) is -7.58. The van der Waals surface area contributed by atoms with Gasteiger partial charge in [0.25, 0.3) is 0 Å². The van der Waals surface area contributed by atoms with Crippen molar-refractivity contribution >= 4 is 0 Å². The van der Waals surface area contributed by atoms with Gasteiger partial charge >= 0.3 is 35.8 Å². The third kappa shape index (κ3) is 1.40. The maximum atomic E-state index is 13.0. The van der Waals surface area contributed by atoms with E-state index in [2.05, 4.69) is 0 Å². The highest BCUT2D eigenvalue weighted by Crippen LogP contribution is 2.67. The SMILES string of the molecule is FN1C(F)(F)C(F)(F)C(F)(F)C(F)(C(F)(F)F)C1(F)F. The van der Waals surface area contributed by atoms with Crippen LogP contribution in [0, 0.1) is 0 Å². The standard InChI is InChI=1S/C6F13N/c7-1(4(12,13)14)2(8,9)3(10,11)6(17,18)20(19)5(1,15)16. The van der Waals surface area contributed by atoms with Crippen molar-refractivity contribution in [2.45, 2.75) is 35.8 Å². The van der Waals surface area contributed by atoms with Gasteiger partial charge in [-0.05, 0) is 5.12 Å². The summed E-state index contributed by atoms with van der Waals surface area (Å²) in [5.74, 6) is -15.0. The Bertz CT molecular complexity index is 410. The summed E-state index contributed by atoms with van der Waals surface area (Å²) in [4.78, 5) is 0. The molecule has 14 heteroatoms. The van der Waals surface area contributed by atoms with Crippen molar-refractivity contribution in [3.8, 4) is 0 Å². The lowest BCUT2D eigenvalue weighted by Gasteiger charge is -2.51. The van der Waals surface area contributed by atoms with E-state index in [-0.39, 0.29) is 0 Å². The van der Waals surface area contributed by atoms with Gasteiger partial charge in [0.05, 0.1) is 0 Å². The van der Waals surface area contributed by atoms with E-state index in [0.717, 1.165) is 0 Å². The summed E-state index contributed by atoms with van der Waals surface area (Å²) < 4.78 is 162. The lowest BCUT2D eigenvalue weighted by molar-refractivity contribution is -0.544. The number of hydrogen-bond donors (Lipinski definition) is 0. The van der Waals surface area contributed by atoms with Crippen LogP contribution in [0.25, 0.3) is 0 Å². The van der Waals surface area contributed by atoms with Gasteiger partial charge < -0.3 is 0 Å². The second-order valence-corrected chi connectivity index (χ2v) is 3.67. The predicted molar refractivity (Wildman–Crippen MR) is 32.6 cm³/mol. The van der Waals surface area contributed by atoms with E-state index in [1.807, 2.05) is 0 Å². The molecular weight excluding hydrogens is 333 g/mol. The Balaban J connectivity index is 3.78. The second-order valence-electron chi connectivity index (χ2n) is 3.67. The molecule has 1 fully saturated rings. The Hall–Kier alpha value is -0.950. The average molecular weight is 333 g/mol. The minimum atomic E-state index is -7.64. The smallest absolute Gasteiger partial charge is 0.218 e. The molecule has 1 atom stereocenters. The summed E-state index contributed by atoms with van der Waals surface area (Å²) in [5, 5.41) is -3.86. The Morgan fingerprint density at radius 1 is 0.600 bits per heavy atom. The Kier molecular flexibility index (Phi) is 3.10. The van der Waals surface area contributed by atoms with Crippen LogP contribution >= 0.6 is 0 Å². The molecule has 0 saturated carbocycles. The third-order valence-corrected chi connectivity index (χ3v) is 2.50. The molecule has 1 rings (SSSR count). The van der Waals surface area contributed by atoms with Crippen molar-refractivity contribution < 1.29 is 57.2 Å². The van der Waals surface area contributed by atoms with E-state index in [0.29, 0.717) is 0 Å². The lowest BCUT2D eigenvalue weighted by Crippen LogP contribution is -2.84. The molecule has 1 aliphatic heterocycles. The first kappa shape index (κ1) is 17.1. The molecular formula is C6F13N. The number of alkyl halides is 12. The Labute approximate surface area is 99.4 Å². The van der Waals surface area contributed by atoms with E-state index < -0.39 is 40.9 Å². The van der Waals surface area contributed by atoms with Crippen molar-refractivity contribution in [1.29, 1.82) is 0 Å². The van der Waals surface area contributed by atoms with E-state index in [1.165, 1.54) is 0 Å². The first-order chi connectivity index (χ1) is 8.40. The van der Waals surface area contributed by atoms with Crippen LogP contribution in [0.4, 0.5) is 57.2 Å². The van der Waals surface area contributed by atoms with Crippen molar-refractivity contribution in [3.63, 3.8) is 0 Å². The number of rotatable bonds is 0. The van der Waals surface area contributed by atoms with E-state index >= 15 is 0 Å². The zero-order valence-corrected chi connectivity index (χ0v) is 8.36.